The fourth-order valence-corrected chi connectivity index (χ4v) is 2.58. The molecule has 0 saturated heterocycles. The number of rotatable bonds is 6. The number of benzene rings is 1. The molecule has 0 aliphatic heterocycles. The van der Waals surface area contributed by atoms with Crippen LogP contribution in [0.3, 0.4) is 0 Å². The van der Waals surface area contributed by atoms with Crippen molar-refractivity contribution in [2.45, 2.75) is 24.4 Å². The second-order valence-corrected chi connectivity index (χ2v) is 6.83. The molecule has 20 heavy (non-hydrogen) atoms. The maximum absolute atomic E-state index is 11.4. The van der Waals surface area contributed by atoms with Crippen molar-refractivity contribution in [2.24, 2.45) is 0 Å². The van der Waals surface area contributed by atoms with E-state index in [0.29, 0.717) is 4.90 Å². The molecule has 0 aliphatic carbocycles. The Morgan fingerprint density at radius 3 is 2.55 bits per heavy atom. The Kier molecular flexibility index (Phi) is 4.57. The summed E-state index contributed by atoms with van der Waals surface area (Å²) in [6, 6.07) is 7.18. The summed E-state index contributed by atoms with van der Waals surface area (Å²) in [5.41, 5.74) is 1.07. The highest BCUT2D eigenvalue weighted by atomic mass is 32.2. The van der Waals surface area contributed by atoms with E-state index in [1.165, 1.54) is 6.26 Å². The van der Waals surface area contributed by atoms with E-state index in [0.717, 1.165) is 18.7 Å². The van der Waals surface area contributed by atoms with Crippen molar-refractivity contribution in [3.8, 4) is 0 Å². The minimum Gasteiger partial charge on any atom is -0.336 e. The lowest BCUT2D eigenvalue weighted by atomic mass is 10.1. The van der Waals surface area contributed by atoms with Gasteiger partial charge in [-0.25, -0.2) is 13.4 Å². The van der Waals surface area contributed by atoms with Crippen molar-refractivity contribution in [1.82, 2.24) is 14.9 Å². The zero-order chi connectivity index (χ0) is 14.6. The average Bonchev–Trinajstić information content (AvgIpc) is 2.91. The third kappa shape index (κ3) is 3.91. The summed E-state index contributed by atoms with van der Waals surface area (Å²) in [6.07, 6.45) is 6.68. The van der Waals surface area contributed by atoms with Crippen LogP contribution < -0.4 is 5.32 Å². The monoisotopic (exact) mass is 293 g/mol. The van der Waals surface area contributed by atoms with Gasteiger partial charge >= 0.3 is 0 Å². The first kappa shape index (κ1) is 14.7. The summed E-state index contributed by atoms with van der Waals surface area (Å²) >= 11 is 0. The molecule has 1 unspecified atom stereocenters. The summed E-state index contributed by atoms with van der Waals surface area (Å²) < 4.78 is 24.8. The molecular formula is C14H19N3O2S. The van der Waals surface area contributed by atoms with E-state index in [1.807, 2.05) is 22.9 Å². The van der Waals surface area contributed by atoms with Gasteiger partial charge in [-0.3, -0.25) is 0 Å². The second-order valence-electron chi connectivity index (χ2n) is 4.82. The number of hydrogen-bond donors (Lipinski definition) is 1. The van der Waals surface area contributed by atoms with Crippen LogP contribution in [0.5, 0.6) is 0 Å². The van der Waals surface area contributed by atoms with Gasteiger partial charge in [0, 0.05) is 37.8 Å². The zero-order valence-corrected chi connectivity index (χ0v) is 12.5. The first-order chi connectivity index (χ1) is 9.47. The highest BCUT2D eigenvalue weighted by Crippen LogP contribution is 2.15. The summed E-state index contributed by atoms with van der Waals surface area (Å²) in [7, 11) is -3.12. The molecule has 1 heterocycles. The van der Waals surface area contributed by atoms with E-state index in [4.69, 9.17) is 0 Å². The Labute approximate surface area is 119 Å². The Bertz CT molecular complexity index is 634. The molecule has 0 saturated carbocycles. The largest absolute Gasteiger partial charge is 0.336 e. The Morgan fingerprint density at radius 2 is 2.00 bits per heavy atom. The standard InChI is InChI=1S/C14H19N3O2S/c1-12(16-8-10-17-9-7-15-11-17)13-3-5-14(6-4-13)20(2,18)19/h3-7,9,11-12,16H,8,10H2,1-2H3. The van der Waals surface area contributed by atoms with Gasteiger partial charge < -0.3 is 9.88 Å². The van der Waals surface area contributed by atoms with Gasteiger partial charge in [0.25, 0.3) is 0 Å². The van der Waals surface area contributed by atoms with E-state index in [-0.39, 0.29) is 6.04 Å². The van der Waals surface area contributed by atoms with Crippen LogP contribution >= 0.6 is 0 Å². The van der Waals surface area contributed by atoms with Gasteiger partial charge in [0.15, 0.2) is 9.84 Å². The van der Waals surface area contributed by atoms with Crippen molar-refractivity contribution in [1.29, 1.82) is 0 Å². The Morgan fingerprint density at radius 1 is 1.30 bits per heavy atom. The van der Waals surface area contributed by atoms with E-state index < -0.39 is 9.84 Å². The molecule has 0 aliphatic rings. The predicted octanol–water partition coefficient (Wildman–Crippen LogP) is 1.64. The molecule has 0 spiro atoms. The van der Waals surface area contributed by atoms with Gasteiger partial charge in [-0.1, -0.05) is 12.1 Å². The van der Waals surface area contributed by atoms with Crippen molar-refractivity contribution >= 4 is 9.84 Å². The van der Waals surface area contributed by atoms with Crippen molar-refractivity contribution in [2.75, 3.05) is 12.8 Å². The van der Waals surface area contributed by atoms with E-state index in [9.17, 15) is 8.42 Å². The lowest BCUT2D eigenvalue weighted by Crippen LogP contribution is -2.23. The summed E-state index contributed by atoms with van der Waals surface area (Å²) in [5.74, 6) is 0. The Hall–Kier alpha value is -1.66. The average molecular weight is 293 g/mol. The summed E-state index contributed by atoms with van der Waals surface area (Å²) in [6.45, 7) is 3.74. The van der Waals surface area contributed by atoms with Gasteiger partial charge in [-0.15, -0.1) is 0 Å². The van der Waals surface area contributed by atoms with Crippen LogP contribution in [-0.4, -0.2) is 30.8 Å². The van der Waals surface area contributed by atoms with Crippen LogP contribution in [0, 0.1) is 0 Å². The molecule has 108 valence electrons. The first-order valence-electron chi connectivity index (χ1n) is 6.46. The minimum absolute atomic E-state index is 0.173. The number of imidazole rings is 1. The van der Waals surface area contributed by atoms with E-state index >= 15 is 0 Å². The molecule has 1 aromatic carbocycles. The van der Waals surface area contributed by atoms with E-state index in [2.05, 4.69) is 17.2 Å². The highest BCUT2D eigenvalue weighted by molar-refractivity contribution is 7.90. The zero-order valence-electron chi connectivity index (χ0n) is 11.7. The van der Waals surface area contributed by atoms with Crippen molar-refractivity contribution in [3.63, 3.8) is 0 Å². The number of sulfone groups is 1. The summed E-state index contributed by atoms with van der Waals surface area (Å²) in [4.78, 5) is 4.34. The third-order valence-corrected chi connectivity index (χ3v) is 4.32. The fraction of sp³-hybridized carbons (Fsp3) is 0.357. The molecule has 1 atom stereocenters. The van der Waals surface area contributed by atoms with Crippen molar-refractivity contribution < 1.29 is 8.42 Å². The predicted molar refractivity (Wildman–Crippen MR) is 78.2 cm³/mol. The van der Waals surface area contributed by atoms with Crippen LogP contribution in [-0.2, 0) is 16.4 Å². The molecule has 1 N–H and O–H groups in total. The molecule has 0 bridgehead atoms. The third-order valence-electron chi connectivity index (χ3n) is 3.19. The van der Waals surface area contributed by atoms with Gasteiger partial charge in [0.2, 0.25) is 0 Å². The number of nitrogens with zero attached hydrogens (tertiary/aromatic N) is 2. The number of aromatic nitrogens is 2. The molecule has 2 rings (SSSR count). The molecule has 5 nitrogen and oxygen atoms in total. The first-order valence-corrected chi connectivity index (χ1v) is 8.35. The van der Waals surface area contributed by atoms with Crippen LogP contribution in [0.4, 0.5) is 0 Å². The van der Waals surface area contributed by atoms with Gasteiger partial charge in [-0.05, 0) is 24.6 Å². The SMILES string of the molecule is CC(NCCn1ccnc1)c1ccc(S(C)(=O)=O)cc1. The van der Waals surface area contributed by atoms with Gasteiger partial charge in [0.1, 0.15) is 0 Å². The van der Waals surface area contributed by atoms with E-state index in [1.54, 1.807) is 24.7 Å². The lowest BCUT2D eigenvalue weighted by Gasteiger charge is -2.14. The smallest absolute Gasteiger partial charge is 0.175 e. The fourth-order valence-electron chi connectivity index (χ4n) is 1.95. The number of hydrogen-bond acceptors (Lipinski definition) is 4. The normalized spacial score (nSPS) is 13.3. The highest BCUT2D eigenvalue weighted by Gasteiger charge is 2.09. The molecule has 1 aromatic heterocycles. The van der Waals surface area contributed by atoms with Crippen LogP contribution in [0.2, 0.25) is 0 Å². The van der Waals surface area contributed by atoms with Crippen LogP contribution in [0.25, 0.3) is 0 Å². The molecule has 0 radical (unpaired) electrons. The quantitative estimate of drug-likeness (QED) is 0.879. The maximum atomic E-state index is 11.4. The molecule has 2 aromatic rings. The minimum atomic E-state index is -3.12. The molecule has 0 amide bonds. The lowest BCUT2D eigenvalue weighted by molar-refractivity contribution is 0.530. The Balaban J connectivity index is 1.90. The van der Waals surface area contributed by atoms with Crippen LogP contribution in [0.1, 0.15) is 18.5 Å². The van der Waals surface area contributed by atoms with Crippen molar-refractivity contribution in [3.05, 3.63) is 48.5 Å². The molecular weight excluding hydrogens is 274 g/mol. The van der Waals surface area contributed by atoms with Crippen LogP contribution in [0.15, 0.2) is 47.9 Å². The van der Waals surface area contributed by atoms with Gasteiger partial charge in [0.05, 0.1) is 11.2 Å². The van der Waals surface area contributed by atoms with Gasteiger partial charge in [-0.2, -0.15) is 0 Å². The number of nitrogens with one attached hydrogen (secondary N) is 1. The molecule has 0 fully saturated rings. The summed E-state index contributed by atoms with van der Waals surface area (Å²) in [5, 5.41) is 3.40. The topological polar surface area (TPSA) is 64.0 Å². The molecule has 6 heteroatoms. The second kappa shape index (κ2) is 6.19. The maximum Gasteiger partial charge on any atom is 0.175 e.